The largest absolute Gasteiger partial charge is 0.350 e. The molecular formula is C11H16ClN3O. The van der Waals surface area contributed by atoms with E-state index in [1.807, 2.05) is 0 Å². The van der Waals surface area contributed by atoms with Crippen molar-refractivity contribution in [1.29, 1.82) is 0 Å². The molecule has 0 aliphatic heterocycles. The average Bonchev–Trinajstić information content (AvgIpc) is 2.27. The first-order chi connectivity index (χ1) is 7.44. The lowest BCUT2D eigenvalue weighted by molar-refractivity contribution is 0.0929. The van der Waals surface area contributed by atoms with Gasteiger partial charge >= 0.3 is 0 Å². The van der Waals surface area contributed by atoms with Crippen molar-refractivity contribution in [3.05, 3.63) is 23.0 Å². The van der Waals surface area contributed by atoms with Gasteiger partial charge < -0.3 is 5.32 Å². The van der Waals surface area contributed by atoms with E-state index in [0.29, 0.717) is 6.54 Å². The summed E-state index contributed by atoms with van der Waals surface area (Å²) in [6, 6.07) is 3.11. The second-order valence-corrected chi connectivity index (χ2v) is 4.83. The minimum Gasteiger partial charge on any atom is -0.350 e. The molecule has 0 spiro atoms. The van der Waals surface area contributed by atoms with Crippen LogP contribution in [0.15, 0.2) is 12.1 Å². The molecule has 1 aromatic rings. The lowest BCUT2D eigenvalue weighted by Gasteiger charge is -2.22. The summed E-state index contributed by atoms with van der Waals surface area (Å²) in [7, 11) is 0. The zero-order valence-corrected chi connectivity index (χ0v) is 10.5. The quantitative estimate of drug-likeness (QED) is 0.880. The van der Waals surface area contributed by atoms with Crippen molar-refractivity contribution >= 4 is 17.5 Å². The summed E-state index contributed by atoms with van der Waals surface area (Å²) in [5.41, 5.74) is 0.381. The summed E-state index contributed by atoms with van der Waals surface area (Å²) in [6.07, 6.45) is 1.000. The van der Waals surface area contributed by atoms with E-state index in [1.165, 1.54) is 0 Å². The summed E-state index contributed by atoms with van der Waals surface area (Å²) in [4.78, 5) is 11.7. The van der Waals surface area contributed by atoms with E-state index in [-0.39, 0.29) is 22.2 Å². The molecule has 1 N–H and O–H groups in total. The normalized spacial score (nSPS) is 11.2. The predicted octanol–water partition coefficient (Wildman–Crippen LogP) is 2.30. The van der Waals surface area contributed by atoms with Gasteiger partial charge in [0.1, 0.15) is 0 Å². The van der Waals surface area contributed by atoms with E-state index >= 15 is 0 Å². The summed E-state index contributed by atoms with van der Waals surface area (Å²) in [5, 5.41) is 10.4. The van der Waals surface area contributed by atoms with E-state index < -0.39 is 0 Å². The van der Waals surface area contributed by atoms with Crippen LogP contribution in [0.3, 0.4) is 0 Å². The fraction of sp³-hybridized carbons (Fsp3) is 0.545. The van der Waals surface area contributed by atoms with E-state index in [1.54, 1.807) is 12.1 Å². The number of hydrogen-bond donors (Lipinski definition) is 1. The maximum Gasteiger partial charge on any atom is 0.271 e. The van der Waals surface area contributed by atoms with Crippen molar-refractivity contribution in [3.63, 3.8) is 0 Å². The molecule has 1 aromatic heterocycles. The van der Waals surface area contributed by atoms with Crippen molar-refractivity contribution in [2.24, 2.45) is 5.41 Å². The number of hydrogen-bond acceptors (Lipinski definition) is 3. The Balaban J connectivity index is 2.56. The van der Waals surface area contributed by atoms with E-state index in [9.17, 15) is 4.79 Å². The summed E-state index contributed by atoms with van der Waals surface area (Å²) < 4.78 is 0. The maximum atomic E-state index is 11.7. The van der Waals surface area contributed by atoms with Crippen LogP contribution < -0.4 is 5.32 Å². The van der Waals surface area contributed by atoms with E-state index in [4.69, 9.17) is 11.6 Å². The van der Waals surface area contributed by atoms with Crippen molar-refractivity contribution in [2.75, 3.05) is 6.54 Å². The lowest BCUT2D eigenvalue weighted by Crippen LogP contribution is -2.34. The molecule has 0 radical (unpaired) electrons. The van der Waals surface area contributed by atoms with E-state index in [0.717, 1.165) is 6.42 Å². The molecule has 5 heteroatoms. The molecule has 16 heavy (non-hydrogen) atoms. The van der Waals surface area contributed by atoms with Crippen LogP contribution in [0.2, 0.25) is 5.15 Å². The number of nitrogens with one attached hydrogen (secondary N) is 1. The first-order valence-corrected chi connectivity index (χ1v) is 5.60. The Morgan fingerprint density at radius 3 is 2.62 bits per heavy atom. The van der Waals surface area contributed by atoms with Crippen molar-refractivity contribution < 1.29 is 4.79 Å². The molecule has 1 rings (SSSR count). The topological polar surface area (TPSA) is 54.9 Å². The molecule has 0 saturated carbocycles. The van der Waals surface area contributed by atoms with Crippen molar-refractivity contribution in [2.45, 2.75) is 27.2 Å². The van der Waals surface area contributed by atoms with Gasteiger partial charge in [-0.1, -0.05) is 32.4 Å². The predicted molar refractivity (Wildman–Crippen MR) is 63.4 cm³/mol. The SMILES string of the molecule is CCC(C)(C)CNC(=O)c1ccc(Cl)nn1. The molecule has 1 amide bonds. The lowest BCUT2D eigenvalue weighted by atomic mass is 9.90. The highest BCUT2D eigenvalue weighted by molar-refractivity contribution is 6.29. The summed E-state index contributed by atoms with van der Waals surface area (Å²) in [5.74, 6) is -0.217. The number of nitrogens with zero attached hydrogens (tertiary/aromatic N) is 2. The second-order valence-electron chi connectivity index (χ2n) is 4.44. The molecule has 4 nitrogen and oxygen atoms in total. The Morgan fingerprint density at radius 1 is 1.44 bits per heavy atom. The molecule has 0 aliphatic rings. The molecule has 0 fully saturated rings. The first-order valence-electron chi connectivity index (χ1n) is 5.22. The van der Waals surface area contributed by atoms with Gasteiger partial charge in [-0.25, -0.2) is 0 Å². The van der Waals surface area contributed by atoms with Crippen molar-refractivity contribution in [1.82, 2.24) is 15.5 Å². The fourth-order valence-electron chi connectivity index (χ4n) is 0.972. The number of halogens is 1. The van der Waals surface area contributed by atoms with Crippen LogP contribution in [0.1, 0.15) is 37.7 Å². The van der Waals surface area contributed by atoms with Crippen LogP contribution in [0.5, 0.6) is 0 Å². The number of rotatable bonds is 4. The number of carbonyl (C=O) groups is 1. The van der Waals surface area contributed by atoms with Crippen molar-refractivity contribution in [3.8, 4) is 0 Å². The maximum absolute atomic E-state index is 11.7. The van der Waals surface area contributed by atoms with Crippen LogP contribution in [0.25, 0.3) is 0 Å². The highest BCUT2D eigenvalue weighted by Crippen LogP contribution is 2.17. The third-order valence-corrected chi connectivity index (χ3v) is 2.75. The molecule has 0 bridgehead atoms. The first kappa shape index (κ1) is 12.9. The zero-order valence-electron chi connectivity index (χ0n) is 9.75. The standard InChI is InChI=1S/C11H16ClN3O/c1-4-11(2,3)7-13-10(16)8-5-6-9(12)15-14-8/h5-6H,4,7H2,1-3H3,(H,13,16). The molecule has 0 unspecified atom stereocenters. The Bertz CT molecular complexity index is 362. The molecule has 88 valence electrons. The van der Waals surface area contributed by atoms with Gasteiger partial charge in [-0.3, -0.25) is 4.79 Å². The Labute approximate surface area is 100 Å². The van der Waals surface area contributed by atoms with Crippen LogP contribution in [0, 0.1) is 5.41 Å². The molecule has 1 heterocycles. The molecule has 0 saturated heterocycles. The van der Waals surface area contributed by atoms with Gasteiger partial charge in [-0.2, -0.15) is 0 Å². The number of aromatic nitrogens is 2. The van der Waals surface area contributed by atoms with Gasteiger partial charge in [0.2, 0.25) is 0 Å². The van der Waals surface area contributed by atoms with Gasteiger partial charge in [-0.05, 0) is 24.0 Å². The summed E-state index contributed by atoms with van der Waals surface area (Å²) >= 11 is 5.58. The smallest absolute Gasteiger partial charge is 0.271 e. The monoisotopic (exact) mass is 241 g/mol. The Kier molecular flexibility index (Phi) is 4.24. The van der Waals surface area contributed by atoms with E-state index in [2.05, 4.69) is 36.3 Å². The number of carbonyl (C=O) groups excluding carboxylic acids is 1. The Hall–Kier alpha value is -1.16. The Morgan fingerprint density at radius 2 is 2.12 bits per heavy atom. The van der Waals surface area contributed by atoms with Crippen LogP contribution in [-0.2, 0) is 0 Å². The van der Waals surface area contributed by atoms with Gasteiger partial charge in [0.15, 0.2) is 10.8 Å². The summed E-state index contributed by atoms with van der Waals surface area (Å²) in [6.45, 7) is 6.91. The second kappa shape index (κ2) is 5.25. The van der Waals surface area contributed by atoms with Gasteiger partial charge in [0, 0.05) is 6.54 Å². The zero-order chi connectivity index (χ0) is 12.2. The third-order valence-electron chi connectivity index (χ3n) is 2.55. The fourth-order valence-corrected chi connectivity index (χ4v) is 1.07. The highest BCUT2D eigenvalue weighted by Gasteiger charge is 2.17. The highest BCUT2D eigenvalue weighted by atomic mass is 35.5. The molecule has 0 aliphatic carbocycles. The minimum absolute atomic E-state index is 0.0928. The van der Waals surface area contributed by atoms with Crippen LogP contribution in [0.4, 0.5) is 0 Å². The van der Waals surface area contributed by atoms with Gasteiger partial charge in [0.25, 0.3) is 5.91 Å². The minimum atomic E-state index is -0.217. The molecular weight excluding hydrogens is 226 g/mol. The molecule has 0 aromatic carbocycles. The third kappa shape index (κ3) is 3.77. The number of amides is 1. The average molecular weight is 242 g/mol. The molecule has 0 atom stereocenters. The van der Waals surface area contributed by atoms with Crippen LogP contribution in [-0.4, -0.2) is 22.6 Å². The van der Waals surface area contributed by atoms with Gasteiger partial charge in [0.05, 0.1) is 0 Å². The van der Waals surface area contributed by atoms with Gasteiger partial charge in [-0.15, -0.1) is 10.2 Å². The van der Waals surface area contributed by atoms with Crippen LogP contribution >= 0.6 is 11.6 Å².